The second kappa shape index (κ2) is 7.55. The van der Waals surface area contributed by atoms with Crippen LogP contribution in [-0.2, 0) is 4.74 Å². The molecule has 1 aromatic rings. The first-order valence-electron chi connectivity index (χ1n) is 6.86. The number of hydrogen-bond acceptors (Lipinski definition) is 2. The molecule has 1 rings (SSSR count). The molecule has 0 radical (unpaired) electrons. The summed E-state index contributed by atoms with van der Waals surface area (Å²) < 4.78 is 5.44. The van der Waals surface area contributed by atoms with Crippen LogP contribution in [0.15, 0.2) is 30.3 Å². The molecule has 102 valence electrons. The molecule has 0 saturated carbocycles. The van der Waals surface area contributed by atoms with E-state index in [9.17, 15) is 0 Å². The second-order valence-electron chi connectivity index (χ2n) is 5.46. The Morgan fingerprint density at radius 2 is 1.83 bits per heavy atom. The normalized spacial score (nSPS) is 13.6. The van der Waals surface area contributed by atoms with Crippen LogP contribution in [0.2, 0.25) is 0 Å². The number of methoxy groups -OCH3 is 1. The van der Waals surface area contributed by atoms with Crippen molar-refractivity contribution >= 4 is 0 Å². The molecule has 0 aliphatic carbocycles. The highest BCUT2D eigenvalue weighted by Gasteiger charge is 2.16. The highest BCUT2D eigenvalue weighted by atomic mass is 16.5. The van der Waals surface area contributed by atoms with E-state index in [-0.39, 0.29) is 5.60 Å². The molecule has 0 spiro atoms. The van der Waals surface area contributed by atoms with Crippen LogP contribution in [0.3, 0.4) is 0 Å². The topological polar surface area (TPSA) is 21.3 Å². The van der Waals surface area contributed by atoms with E-state index in [1.54, 1.807) is 7.11 Å². The third-order valence-electron chi connectivity index (χ3n) is 3.62. The van der Waals surface area contributed by atoms with Gasteiger partial charge in [0.2, 0.25) is 0 Å². The zero-order chi connectivity index (χ0) is 13.4. The predicted molar refractivity (Wildman–Crippen MR) is 77.8 cm³/mol. The van der Waals surface area contributed by atoms with Crippen molar-refractivity contribution in [1.29, 1.82) is 0 Å². The minimum atomic E-state index is 0.0158. The van der Waals surface area contributed by atoms with Crippen molar-refractivity contribution in [3.05, 3.63) is 35.9 Å². The van der Waals surface area contributed by atoms with Gasteiger partial charge in [0.25, 0.3) is 0 Å². The molecule has 1 aromatic carbocycles. The molecule has 1 atom stereocenters. The monoisotopic (exact) mass is 249 g/mol. The Labute approximate surface area is 112 Å². The molecule has 0 fully saturated rings. The van der Waals surface area contributed by atoms with E-state index in [0.717, 1.165) is 6.42 Å². The van der Waals surface area contributed by atoms with Crippen molar-refractivity contribution in [3.63, 3.8) is 0 Å². The minimum Gasteiger partial charge on any atom is -0.379 e. The lowest BCUT2D eigenvalue weighted by Gasteiger charge is -2.23. The fraction of sp³-hybridized carbons (Fsp3) is 0.625. The van der Waals surface area contributed by atoms with Gasteiger partial charge in [0.15, 0.2) is 0 Å². The summed E-state index contributed by atoms with van der Waals surface area (Å²) >= 11 is 0. The van der Waals surface area contributed by atoms with Crippen molar-refractivity contribution < 1.29 is 4.74 Å². The van der Waals surface area contributed by atoms with Crippen LogP contribution in [0.4, 0.5) is 0 Å². The summed E-state index contributed by atoms with van der Waals surface area (Å²) in [5.74, 6) is 0. The van der Waals surface area contributed by atoms with Gasteiger partial charge < -0.3 is 10.1 Å². The van der Waals surface area contributed by atoms with E-state index >= 15 is 0 Å². The summed E-state index contributed by atoms with van der Waals surface area (Å²) in [5, 5.41) is 3.40. The zero-order valence-electron chi connectivity index (χ0n) is 12.2. The lowest BCUT2D eigenvalue weighted by Crippen LogP contribution is -2.22. The van der Waals surface area contributed by atoms with Crippen molar-refractivity contribution in [2.24, 2.45) is 0 Å². The van der Waals surface area contributed by atoms with Gasteiger partial charge >= 0.3 is 0 Å². The second-order valence-corrected chi connectivity index (χ2v) is 5.46. The van der Waals surface area contributed by atoms with Gasteiger partial charge in [-0.1, -0.05) is 43.2 Å². The predicted octanol–water partition coefficient (Wildman–Crippen LogP) is 3.93. The van der Waals surface area contributed by atoms with Crippen molar-refractivity contribution in [2.75, 3.05) is 14.2 Å². The average Bonchev–Trinajstić information content (AvgIpc) is 2.40. The molecule has 0 aliphatic rings. The van der Waals surface area contributed by atoms with Gasteiger partial charge in [-0.2, -0.15) is 0 Å². The van der Waals surface area contributed by atoms with Gasteiger partial charge in [-0.3, -0.25) is 0 Å². The van der Waals surface area contributed by atoms with Crippen LogP contribution < -0.4 is 5.32 Å². The van der Waals surface area contributed by atoms with Crippen LogP contribution in [-0.4, -0.2) is 19.8 Å². The van der Waals surface area contributed by atoms with Crippen molar-refractivity contribution in [2.45, 2.75) is 51.2 Å². The lowest BCUT2D eigenvalue weighted by atomic mass is 9.96. The summed E-state index contributed by atoms with van der Waals surface area (Å²) in [6, 6.07) is 11.1. The number of unbranched alkanes of at least 4 members (excludes halogenated alkanes) is 1. The Bertz CT molecular complexity index is 321. The Morgan fingerprint density at radius 3 is 2.39 bits per heavy atom. The SMILES string of the molecule is CNC(CCCCC(C)(C)OC)c1ccccc1. The highest BCUT2D eigenvalue weighted by molar-refractivity contribution is 5.18. The first-order chi connectivity index (χ1) is 8.59. The molecule has 0 saturated heterocycles. The van der Waals surface area contributed by atoms with E-state index in [1.807, 2.05) is 7.05 Å². The minimum absolute atomic E-state index is 0.0158. The number of hydrogen-bond donors (Lipinski definition) is 1. The van der Waals surface area contributed by atoms with Gasteiger partial charge in [0.1, 0.15) is 0 Å². The van der Waals surface area contributed by atoms with Crippen LogP contribution in [0.25, 0.3) is 0 Å². The van der Waals surface area contributed by atoms with Gasteiger partial charge in [0.05, 0.1) is 5.60 Å². The summed E-state index contributed by atoms with van der Waals surface area (Å²) in [6.07, 6.45) is 4.74. The van der Waals surface area contributed by atoms with Gasteiger partial charge in [0, 0.05) is 13.2 Å². The first-order valence-corrected chi connectivity index (χ1v) is 6.86. The van der Waals surface area contributed by atoms with E-state index < -0.39 is 0 Å². The molecule has 0 aliphatic heterocycles. The molecule has 2 heteroatoms. The third-order valence-corrected chi connectivity index (χ3v) is 3.62. The maximum atomic E-state index is 5.44. The van der Waals surface area contributed by atoms with E-state index in [4.69, 9.17) is 4.74 Å². The molecule has 0 aromatic heterocycles. The summed E-state index contributed by atoms with van der Waals surface area (Å²) in [7, 11) is 3.83. The van der Waals surface area contributed by atoms with Gasteiger partial charge in [-0.15, -0.1) is 0 Å². The molecule has 1 N–H and O–H groups in total. The molecule has 0 bridgehead atoms. The molecular formula is C16H27NO. The Kier molecular flexibility index (Phi) is 6.37. The Balaban J connectivity index is 2.33. The van der Waals surface area contributed by atoms with Crippen LogP contribution in [0.5, 0.6) is 0 Å². The van der Waals surface area contributed by atoms with Crippen molar-refractivity contribution in [3.8, 4) is 0 Å². The summed E-state index contributed by atoms with van der Waals surface area (Å²) in [4.78, 5) is 0. The van der Waals surface area contributed by atoms with E-state index in [2.05, 4.69) is 49.5 Å². The third kappa shape index (κ3) is 5.19. The maximum Gasteiger partial charge on any atom is 0.0622 e. The molecule has 18 heavy (non-hydrogen) atoms. The molecule has 0 amide bonds. The Hall–Kier alpha value is -0.860. The van der Waals surface area contributed by atoms with Crippen LogP contribution in [0, 0.1) is 0 Å². The molecule has 2 nitrogen and oxygen atoms in total. The first kappa shape index (κ1) is 15.2. The fourth-order valence-electron chi connectivity index (χ4n) is 2.16. The molecule has 0 heterocycles. The van der Waals surface area contributed by atoms with Crippen LogP contribution in [0.1, 0.15) is 51.1 Å². The maximum absolute atomic E-state index is 5.44. The molecular weight excluding hydrogens is 222 g/mol. The smallest absolute Gasteiger partial charge is 0.0622 e. The summed E-state index contributed by atoms with van der Waals surface area (Å²) in [6.45, 7) is 4.31. The van der Waals surface area contributed by atoms with Gasteiger partial charge in [-0.05, 0) is 39.3 Å². The van der Waals surface area contributed by atoms with Crippen molar-refractivity contribution in [1.82, 2.24) is 5.32 Å². The number of nitrogens with one attached hydrogen (secondary N) is 1. The van der Waals surface area contributed by atoms with Gasteiger partial charge in [-0.25, -0.2) is 0 Å². The zero-order valence-corrected chi connectivity index (χ0v) is 12.2. The quantitative estimate of drug-likeness (QED) is 0.705. The number of benzene rings is 1. The molecule has 1 unspecified atom stereocenters. The largest absolute Gasteiger partial charge is 0.379 e. The number of rotatable bonds is 8. The lowest BCUT2D eigenvalue weighted by molar-refractivity contribution is 0.0133. The fourth-order valence-corrected chi connectivity index (χ4v) is 2.16. The highest BCUT2D eigenvalue weighted by Crippen LogP contribution is 2.22. The van der Waals surface area contributed by atoms with Crippen LogP contribution >= 0.6 is 0 Å². The summed E-state index contributed by atoms with van der Waals surface area (Å²) in [5.41, 5.74) is 1.40. The standard InChI is InChI=1S/C16H27NO/c1-16(2,18-4)13-9-8-12-15(17-3)14-10-6-5-7-11-14/h5-7,10-11,15,17H,8-9,12-13H2,1-4H3. The number of ether oxygens (including phenoxy) is 1. The van der Waals surface area contributed by atoms with E-state index in [0.29, 0.717) is 6.04 Å². The average molecular weight is 249 g/mol. The Morgan fingerprint density at radius 1 is 1.17 bits per heavy atom. The van der Waals surface area contributed by atoms with E-state index in [1.165, 1.54) is 24.8 Å².